The number of amides is 2. The van der Waals surface area contributed by atoms with Crippen LogP contribution in [0.15, 0.2) is 73.1 Å². The van der Waals surface area contributed by atoms with E-state index in [2.05, 4.69) is 25.7 Å². The second kappa shape index (κ2) is 11.8. The van der Waals surface area contributed by atoms with Crippen LogP contribution in [0.4, 0.5) is 5.69 Å². The number of para-hydroxylation sites is 2. The Labute approximate surface area is 228 Å². The van der Waals surface area contributed by atoms with E-state index < -0.39 is 17.5 Å². The minimum absolute atomic E-state index is 0.246. The number of nitrogens with one attached hydrogen (secondary N) is 1. The van der Waals surface area contributed by atoms with Gasteiger partial charge in [-0.15, -0.1) is 10.2 Å². The largest absolute Gasteiger partial charge is 0.492 e. The van der Waals surface area contributed by atoms with E-state index in [0.29, 0.717) is 29.4 Å². The lowest BCUT2D eigenvalue weighted by Crippen LogP contribution is -2.50. The summed E-state index contributed by atoms with van der Waals surface area (Å²) in [5, 5.41) is 15.7. The molecule has 2 aromatic heterocycles. The molecule has 10 heteroatoms. The van der Waals surface area contributed by atoms with Gasteiger partial charge in [0.2, 0.25) is 11.7 Å². The molecule has 2 amide bonds. The summed E-state index contributed by atoms with van der Waals surface area (Å²) in [5.74, 6) is 0.115. The first-order valence-corrected chi connectivity index (χ1v) is 12.8. The second-order valence-corrected chi connectivity index (χ2v) is 10.1. The smallest absolute Gasteiger partial charge is 0.251 e. The van der Waals surface area contributed by atoms with Crippen molar-refractivity contribution in [3.05, 3.63) is 84.2 Å². The maximum atomic E-state index is 14.1. The second-order valence-electron chi connectivity index (χ2n) is 10.1. The van der Waals surface area contributed by atoms with Gasteiger partial charge in [-0.3, -0.25) is 19.5 Å². The van der Waals surface area contributed by atoms with Crippen molar-refractivity contribution in [3.63, 3.8) is 0 Å². The topological polar surface area (TPSA) is 115 Å². The van der Waals surface area contributed by atoms with Crippen LogP contribution in [0.3, 0.4) is 0 Å². The highest BCUT2D eigenvalue weighted by molar-refractivity contribution is 6.02. The number of anilines is 1. The minimum Gasteiger partial charge on any atom is -0.492 e. The van der Waals surface area contributed by atoms with Gasteiger partial charge in [0.05, 0.1) is 12.3 Å². The molecule has 0 unspecified atom stereocenters. The van der Waals surface area contributed by atoms with Gasteiger partial charge in [-0.05, 0) is 69.7 Å². The Morgan fingerprint density at radius 1 is 1.03 bits per heavy atom. The number of nitrogens with zero attached hydrogens (tertiary/aromatic N) is 6. The van der Waals surface area contributed by atoms with Gasteiger partial charge in [-0.25, -0.2) is 0 Å². The zero-order chi connectivity index (χ0) is 28.0. The number of carbonyl (C=O) groups is 2. The van der Waals surface area contributed by atoms with Gasteiger partial charge < -0.3 is 10.1 Å². The molecule has 0 aliphatic rings. The van der Waals surface area contributed by atoms with Gasteiger partial charge in [-0.2, -0.15) is 4.80 Å². The molecule has 0 spiro atoms. The van der Waals surface area contributed by atoms with Gasteiger partial charge in [0.15, 0.2) is 0 Å². The average Bonchev–Trinajstić information content (AvgIpc) is 3.36. The van der Waals surface area contributed by atoms with E-state index in [1.165, 1.54) is 9.70 Å². The van der Waals surface area contributed by atoms with E-state index in [1.807, 2.05) is 65.0 Å². The van der Waals surface area contributed by atoms with E-state index in [9.17, 15) is 9.59 Å². The fourth-order valence-electron chi connectivity index (χ4n) is 4.08. The molecule has 4 aromatic rings. The molecule has 0 saturated heterocycles. The Morgan fingerprint density at radius 3 is 2.38 bits per heavy atom. The minimum atomic E-state index is -1.01. The number of aryl methyl sites for hydroxylation is 1. The molecule has 0 bridgehead atoms. The van der Waals surface area contributed by atoms with Crippen LogP contribution in [0.2, 0.25) is 0 Å². The Morgan fingerprint density at radius 2 is 1.72 bits per heavy atom. The summed E-state index contributed by atoms with van der Waals surface area (Å²) in [6, 6.07) is 17.3. The maximum Gasteiger partial charge on any atom is 0.251 e. The molecular formula is C29H33N7O3. The van der Waals surface area contributed by atoms with Crippen LogP contribution in [0, 0.1) is 6.92 Å². The number of pyridine rings is 1. The Hall–Kier alpha value is -4.60. The highest BCUT2D eigenvalue weighted by Gasteiger charge is 2.36. The molecule has 10 nitrogen and oxygen atoms in total. The third kappa shape index (κ3) is 6.84. The Bertz CT molecular complexity index is 1410. The molecule has 2 heterocycles. The summed E-state index contributed by atoms with van der Waals surface area (Å²) in [6.07, 6.45) is 3.19. The van der Waals surface area contributed by atoms with Crippen molar-refractivity contribution < 1.29 is 14.3 Å². The third-order valence-electron chi connectivity index (χ3n) is 5.76. The summed E-state index contributed by atoms with van der Waals surface area (Å²) in [5.41, 5.74) is 2.41. The average molecular weight is 528 g/mol. The molecule has 4 rings (SSSR count). The summed E-state index contributed by atoms with van der Waals surface area (Å²) >= 11 is 0. The molecule has 0 aliphatic heterocycles. The number of aromatic nitrogens is 5. The lowest BCUT2D eigenvalue weighted by molar-refractivity contribution is -0.128. The number of hydrogen-bond acceptors (Lipinski definition) is 7. The van der Waals surface area contributed by atoms with Crippen LogP contribution in [0.1, 0.15) is 44.9 Å². The number of rotatable bonds is 9. The lowest BCUT2D eigenvalue weighted by Gasteiger charge is -2.34. The fourth-order valence-corrected chi connectivity index (χ4v) is 4.08. The van der Waals surface area contributed by atoms with Crippen molar-refractivity contribution in [2.75, 3.05) is 11.5 Å². The van der Waals surface area contributed by atoms with Gasteiger partial charge >= 0.3 is 0 Å². The monoisotopic (exact) mass is 527 g/mol. The van der Waals surface area contributed by atoms with Crippen LogP contribution >= 0.6 is 0 Å². The highest BCUT2D eigenvalue weighted by atomic mass is 16.5. The van der Waals surface area contributed by atoms with E-state index in [0.717, 1.165) is 11.1 Å². The third-order valence-corrected chi connectivity index (χ3v) is 5.76. The Balaban J connectivity index is 1.77. The standard InChI is InChI=1S/C29H33N7O3/c1-6-39-24-10-8-7-9-23(24)36(26(21-15-17-30-18-16-21)28(38)31-29(3,4)5)25(37)19-35-33-27(32-34-35)22-13-11-20(2)12-14-22/h7-18,26H,6,19H2,1-5H3,(H,31,38)/t26-/m0/s1. The molecule has 0 radical (unpaired) electrons. The molecular weight excluding hydrogens is 494 g/mol. The van der Waals surface area contributed by atoms with Crippen LogP contribution in [0.25, 0.3) is 11.4 Å². The van der Waals surface area contributed by atoms with Crippen molar-refractivity contribution in [2.45, 2.75) is 52.7 Å². The molecule has 202 valence electrons. The fraction of sp³-hybridized carbons (Fsp3) is 0.310. The van der Waals surface area contributed by atoms with Gasteiger partial charge in [0.25, 0.3) is 5.91 Å². The van der Waals surface area contributed by atoms with E-state index in [1.54, 1.807) is 42.7 Å². The maximum absolute atomic E-state index is 14.1. The number of tetrazole rings is 1. The molecule has 0 saturated carbocycles. The van der Waals surface area contributed by atoms with E-state index in [-0.39, 0.29) is 12.5 Å². The van der Waals surface area contributed by atoms with Crippen molar-refractivity contribution >= 4 is 17.5 Å². The van der Waals surface area contributed by atoms with Crippen molar-refractivity contribution in [1.82, 2.24) is 30.5 Å². The molecule has 2 aromatic carbocycles. The van der Waals surface area contributed by atoms with Crippen LogP contribution < -0.4 is 15.0 Å². The van der Waals surface area contributed by atoms with Crippen LogP contribution in [-0.2, 0) is 16.1 Å². The first kappa shape index (κ1) is 27.4. The zero-order valence-electron chi connectivity index (χ0n) is 22.8. The molecule has 1 N–H and O–H groups in total. The predicted octanol–water partition coefficient (Wildman–Crippen LogP) is 4.13. The number of benzene rings is 2. The highest BCUT2D eigenvalue weighted by Crippen LogP contribution is 2.35. The van der Waals surface area contributed by atoms with Crippen molar-refractivity contribution in [1.29, 1.82) is 0 Å². The molecule has 39 heavy (non-hydrogen) atoms. The molecule has 1 atom stereocenters. The van der Waals surface area contributed by atoms with Crippen LogP contribution in [-0.4, -0.2) is 49.2 Å². The summed E-state index contributed by atoms with van der Waals surface area (Å²) in [7, 11) is 0. The number of carbonyl (C=O) groups excluding carboxylic acids is 2. The number of hydrogen-bond donors (Lipinski definition) is 1. The number of ether oxygens (including phenoxy) is 1. The molecule has 0 aliphatic carbocycles. The molecule has 0 fully saturated rings. The van der Waals surface area contributed by atoms with Gasteiger partial charge in [-0.1, -0.05) is 42.0 Å². The summed E-state index contributed by atoms with van der Waals surface area (Å²) in [6.45, 7) is 9.67. The quantitative estimate of drug-likeness (QED) is 0.348. The van der Waals surface area contributed by atoms with Gasteiger partial charge in [0.1, 0.15) is 18.3 Å². The lowest BCUT2D eigenvalue weighted by atomic mass is 10.0. The van der Waals surface area contributed by atoms with Gasteiger partial charge in [0, 0.05) is 23.5 Å². The Kier molecular flexibility index (Phi) is 8.33. The van der Waals surface area contributed by atoms with E-state index >= 15 is 0 Å². The summed E-state index contributed by atoms with van der Waals surface area (Å²) < 4.78 is 5.87. The SMILES string of the molecule is CCOc1ccccc1N(C(=O)Cn1nnc(-c2ccc(C)cc2)n1)[C@H](C(=O)NC(C)(C)C)c1ccncc1. The van der Waals surface area contributed by atoms with Crippen LogP contribution in [0.5, 0.6) is 5.75 Å². The summed E-state index contributed by atoms with van der Waals surface area (Å²) in [4.78, 5) is 34.7. The first-order valence-electron chi connectivity index (χ1n) is 12.8. The van der Waals surface area contributed by atoms with E-state index in [4.69, 9.17) is 4.74 Å². The predicted molar refractivity (Wildman–Crippen MR) is 148 cm³/mol. The van der Waals surface area contributed by atoms with Crippen molar-refractivity contribution in [3.8, 4) is 17.1 Å². The first-order chi connectivity index (χ1) is 18.7. The zero-order valence-corrected chi connectivity index (χ0v) is 22.8. The normalized spacial score (nSPS) is 12.0. The van der Waals surface area contributed by atoms with Crippen molar-refractivity contribution in [2.24, 2.45) is 0 Å².